The molecule has 0 aliphatic heterocycles. The highest BCUT2D eigenvalue weighted by molar-refractivity contribution is 6.74. The van der Waals surface area contributed by atoms with E-state index in [2.05, 4.69) is 90.1 Å². The van der Waals surface area contributed by atoms with Crippen molar-refractivity contribution in [2.45, 2.75) is 102 Å². The maximum absolute atomic E-state index is 13.1. The molecular formula is C53H61N7O5Si. The first-order chi connectivity index (χ1) is 31.7. The lowest BCUT2D eigenvalue weighted by atomic mass is 9.89. The van der Waals surface area contributed by atoms with E-state index >= 15 is 0 Å². The van der Waals surface area contributed by atoms with Crippen molar-refractivity contribution in [2.75, 3.05) is 11.4 Å². The van der Waals surface area contributed by atoms with E-state index in [1.807, 2.05) is 89.6 Å². The molecule has 1 fully saturated rings. The van der Waals surface area contributed by atoms with Crippen LogP contribution in [0, 0.1) is 0 Å². The number of anilines is 1. The highest BCUT2D eigenvalue weighted by Crippen LogP contribution is 2.41. The van der Waals surface area contributed by atoms with Crippen molar-refractivity contribution in [3.63, 3.8) is 0 Å². The molecule has 5 N–H and O–H groups in total. The van der Waals surface area contributed by atoms with Gasteiger partial charge >= 0.3 is 6.09 Å². The lowest BCUT2D eigenvalue weighted by Crippen LogP contribution is -2.45. The van der Waals surface area contributed by atoms with E-state index < -0.39 is 14.4 Å². The second-order valence-corrected chi connectivity index (χ2v) is 23.7. The number of aromatic amines is 1. The predicted octanol–water partition coefficient (Wildman–Crippen LogP) is 10.8. The van der Waals surface area contributed by atoms with Crippen LogP contribution in [0.4, 0.5) is 10.5 Å². The highest BCUT2D eigenvalue weighted by Gasteiger charge is 2.40. The SMILES string of the molecule is CC(C)(C)[Si](C)(C)O[C@H](CNCc1ccc2c(c1)nnn2C/C=C/c1ccc(-c2ccccc2)c(N(C(=O)O)C2CCC(NCc3ccccc3)CC2)c1)c1ccc(O)c2[nH]c(=O)ccc12. The molecule has 12 nitrogen and oxygen atoms in total. The largest absolute Gasteiger partial charge is 0.506 e. The van der Waals surface area contributed by atoms with Crippen LogP contribution in [0.1, 0.15) is 74.8 Å². The van der Waals surface area contributed by atoms with Crippen molar-refractivity contribution >= 4 is 48.1 Å². The lowest BCUT2D eigenvalue weighted by molar-refractivity contribution is 0.181. The van der Waals surface area contributed by atoms with Crippen molar-refractivity contribution in [2.24, 2.45) is 0 Å². The normalized spacial score (nSPS) is 16.3. The van der Waals surface area contributed by atoms with Crippen molar-refractivity contribution in [3.05, 3.63) is 160 Å². The molecule has 1 atom stereocenters. The number of fused-ring (bicyclic) bond motifs is 2. The molecule has 1 aliphatic rings. The number of phenolic OH excluding ortho intramolecular Hbond substituents is 1. The Morgan fingerprint density at radius 2 is 1.65 bits per heavy atom. The van der Waals surface area contributed by atoms with Gasteiger partial charge in [-0.3, -0.25) is 9.69 Å². The van der Waals surface area contributed by atoms with Crippen LogP contribution < -0.4 is 21.1 Å². The van der Waals surface area contributed by atoms with Crippen LogP contribution in [-0.2, 0) is 24.1 Å². The average Bonchev–Trinajstić information content (AvgIpc) is 3.71. The molecular weight excluding hydrogens is 843 g/mol. The van der Waals surface area contributed by atoms with Gasteiger partial charge in [0.2, 0.25) is 5.56 Å². The van der Waals surface area contributed by atoms with Crippen LogP contribution in [0.2, 0.25) is 18.1 Å². The van der Waals surface area contributed by atoms with E-state index in [9.17, 15) is 19.8 Å². The number of aromatic hydroxyl groups is 1. The molecule has 0 saturated heterocycles. The quantitative estimate of drug-likeness (QED) is 0.0595. The van der Waals surface area contributed by atoms with E-state index in [1.165, 1.54) is 11.6 Å². The van der Waals surface area contributed by atoms with Crippen LogP contribution >= 0.6 is 0 Å². The van der Waals surface area contributed by atoms with Crippen LogP contribution in [0.25, 0.3) is 39.1 Å². The molecule has 66 heavy (non-hydrogen) atoms. The summed E-state index contributed by atoms with van der Waals surface area (Å²) in [6.45, 7) is 13.4. The number of allylic oxidation sites excluding steroid dienone is 1. The Bertz CT molecular complexity index is 2870. The standard InChI is InChI=1S/C53H61N7O5Si/c1-53(2,3)66(4,5)65-49(43-25-28-48(61)51-44(43)26-29-50(62)56-51)35-54-33-38-19-27-46-45(31-38)57-58-59(46)30-12-15-36-18-24-42(39-16-10-7-11-17-39)47(32-36)60(52(63)64)41-22-20-40(21-23-41)55-34-37-13-8-6-9-14-37/h6-19,24-29,31-32,40-41,49,54-55,61H,20-23,30,33-35H2,1-5H3,(H,56,62)(H,63,64)/b15-12+/t40?,41?,49-/m1/s1. The number of aromatic nitrogens is 4. The van der Waals surface area contributed by atoms with Gasteiger partial charge in [0, 0.05) is 48.7 Å². The Balaban J connectivity index is 0.953. The fraction of sp³-hybridized carbons (Fsp3) is 0.321. The first kappa shape index (κ1) is 46.2. The average molecular weight is 904 g/mol. The van der Waals surface area contributed by atoms with E-state index in [0.29, 0.717) is 36.9 Å². The van der Waals surface area contributed by atoms with Gasteiger partial charge in [0.05, 0.1) is 29.4 Å². The maximum atomic E-state index is 13.1. The molecule has 342 valence electrons. The molecule has 5 aromatic carbocycles. The van der Waals surface area contributed by atoms with Gasteiger partial charge in [-0.05, 0) is 102 Å². The number of carbonyl (C=O) groups is 1. The molecule has 7 aromatic rings. The third-order valence-corrected chi connectivity index (χ3v) is 17.9. The zero-order valence-corrected chi connectivity index (χ0v) is 39.5. The minimum Gasteiger partial charge on any atom is -0.506 e. The summed E-state index contributed by atoms with van der Waals surface area (Å²) in [4.78, 5) is 29.7. The smallest absolute Gasteiger partial charge is 0.412 e. The summed E-state index contributed by atoms with van der Waals surface area (Å²) < 4.78 is 8.85. The summed E-state index contributed by atoms with van der Waals surface area (Å²) in [5.74, 6) is 0.0212. The number of carboxylic acid groups (broad SMARTS) is 1. The second-order valence-electron chi connectivity index (χ2n) is 18.9. The number of hydrogen-bond acceptors (Lipinski definition) is 8. The predicted molar refractivity (Wildman–Crippen MR) is 267 cm³/mol. The molecule has 0 spiro atoms. The molecule has 0 unspecified atom stereocenters. The van der Waals surface area contributed by atoms with Crippen molar-refractivity contribution in [3.8, 4) is 16.9 Å². The fourth-order valence-corrected chi connectivity index (χ4v) is 10.0. The number of amides is 1. The Morgan fingerprint density at radius 1 is 0.909 bits per heavy atom. The number of H-pyrrole nitrogens is 1. The molecule has 1 saturated carbocycles. The zero-order chi connectivity index (χ0) is 46.4. The zero-order valence-electron chi connectivity index (χ0n) is 38.5. The number of nitrogens with zero attached hydrogens (tertiary/aromatic N) is 4. The van der Waals surface area contributed by atoms with Crippen molar-refractivity contribution < 1.29 is 19.4 Å². The minimum atomic E-state index is -2.24. The number of hydrogen-bond donors (Lipinski definition) is 5. The Labute approximate surface area is 387 Å². The first-order valence-corrected chi connectivity index (χ1v) is 25.9. The summed E-state index contributed by atoms with van der Waals surface area (Å²) in [6, 6.07) is 39.6. The monoisotopic (exact) mass is 903 g/mol. The summed E-state index contributed by atoms with van der Waals surface area (Å²) >= 11 is 0. The highest BCUT2D eigenvalue weighted by atomic mass is 28.4. The third-order valence-electron chi connectivity index (χ3n) is 13.4. The number of nitrogens with one attached hydrogen (secondary N) is 3. The maximum Gasteiger partial charge on any atom is 0.412 e. The first-order valence-electron chi connectivity index (χ1n) is 22.9. The van der Waals surface area contributed by atoms with Crippen molar-refractivity contribution in [1.29, 1.82) is 0 Å². The summed E-state index contributed by atoms with van der Waals surface area (Å²) in [7, 11) is -2.24. The summed E-state index contributed by atoms with van der Waals surface area (Å²) in [5.41, 5.74) is 8.44. The molecule has 2 heterocycles. The van der Waals surface area contributed by atoms with Gasteiger partial charge in [0.25, 0.3) is 0 Å². The van der Waals surface area contributed by atoms with Gasteiger partial charge in [0.15, 0.2) is 8.32 Å². The van der Waals surface area contributed by atoms with Gasteiger partial charge in [-0.1, -0.05) is 123 Å². The van der Waals surface area contributed by atoms with Crippen molar-refractivity contribution in [1.82, 2.24) is 30.6 Å². The molecule has 2 aromatic heterocycles. The topological polar surface area (TPSA) is 158 Å². The minimum absolute atomic E-state index is 0.0212. The lowest BCUT2D eigenvalue weighted by Gasteiger charge is -2.39. The van der Waals surface area contributed by atoms with E-state index in [0.717, 1.165) is 76.5 Å². The Kier molecular flexibility index (Phi) is 14.0. The van der Waals surface area contributed by atoms with E-state index in [-0.39, 0.29) is 28.5 Å². The number of benzene rings is 5. The molecule has 13 heteroatoms. The number of rotatable bonds is 16. The number of pyridine rings is 1. The molecule has 1 amide bonds. The van der Waals surface area contributed by atoms with Gasteiger partial charge in [-0.25, -0.2) is 9.48 Å². The van der Waals surface area contributed by atoms with Gasteiger partial charge in [-0.2, -0.15) is 0 Å². The number of phenols is 1. The Morgan fingerprint density at radius 3 is 2.38 bits per heavy atom. The molecule has 0 radical (unpaired) electrons. The van der Waals surface area contributed by atoms with Gasteiger partial charge in [0.1, 0.15) is 11.3 Å². The van der Waals surface area contributed by atoms with Crippen LogP contribution in [0.15, 0.2) is 132 Å². The Hall–Kier alpha value is -6.38. The van der Waals surface area contributed by atoms with E-state index in [1.54, 1.807) is 17.0 Å². The van der Waals surface area contributed by atoms with Gasteiger partial charge < -0.3 is 30.3 Å². The van der Waals surface area contributed by atoms with Crippen LogP contribution in [-0.4, -0.2) is 63.2 Å². The summed E-state index contributed by atoms with van der Waals surface area (Å²) in [5, 5.41) is 38.4. The molecule has 8 rings (SSSR count). The van der Waals surface area contributed by atoms with Gasteiger partial charge in [-0.15, -0.1) is 5.10 Å². The third kappa shape index (κ3) is 10.7. The van der Waals surface area contributed by atoms with Crippen LogP contribution in [0.3, 0.4) is 0 Å². The molecule has 1 aliphatic carbocycles. The second kappa shape index (κ2) is 20.0. The summed E-state index contributed by atoms with van der Waals surface area (Å²) in [6.07, 6.45) is 6.14. The fourth-order valence-electron chi connectivity index (χ4n) is 8.75. The van der Waals surface area contributed by atoms with E-state index in [4.69, 9.17) is 4.43 Å². The van der Waals surface area contributed by atoms with Crippen LogP contribution in [0.5, 0.6) is 5.75 Å². The molecule has 0 bridgehead atoms.